The number of rotatable bonds is 6. The molecular formula is C21H25NO3. The van der Waals surface area contributed by atoms with Crippen LogP contribution in [0.25, 0.3) is 5.57 Å². The molecule has 25 heavy (non-hydrogen) atoms. The fourth-order valence-corrected chi connectivity index (χ4v) is 3.88. The fourth-order valence-electron chi connectivity index (χ4n) is 3.88. The van der Waals surface area contributed by atoms with Crippen LogP contribution in [0.4, 0.5) is 0 Å². The second-order valence-electron chi connectivity index (χ2n) is 6.18. The molecule has 0 aromatic heterocycles. The minimum absolute atomic E-state index is 0.116. The van der Waals surface area contributed by atoms with Crippen LogP contribution in [0.3, 0.4) is 0 Å². The highest BCUT2D eigenvalue weighted by Gasteiger charge is 2.30. The second-order valence-corrected chi connectivity index (χ2v) is 6.18. The van der Waals surface area contributed by atoms with Crippen molar-refractivity contribution in [2.24, 2.45) is 5.73 Å². The smallest absolute Gasteiger partial charge is 0.164 e. The average Bonchev–Trinajstić information content (AvgIpc) is 2.67. The van der Waals surface area contributed by atoms with Crippen LogP contribution in [0.15, 0.2) is 48.0 Å². The minimum Gasteiger partial charge on any atom is -0.493 e. The number of aliphatic hydroxyl groups is 1. The van der Waals surface area contributed by atoms with Gasteiger partial charge in [-0.15, -0.1) is 0 Å². The summed E-state index contributed by atoms with van der Waals surface area (Å²) in [4.78, 5) is 0. The normalized spacial score (nSPS) is 16.6. The van der Waals surface area contributed by atoms with Gasteiger partial charge in [-0.05, 0) is 35.6 Å². The molecule has 0 bridgehead atoms. The monoisotopic (exact) mass is 339 g/mol. The summed E-state index contributed by atoms with van der Waals surface area (Å²) in [5.41, 5.74) is 11.9. The third-order valence-electron chi connectivity index (χ3n) is 4.98. The maximum Gasteiger partial charge on any atom is 0.164 e. The second kappa shape index (κ2) is 7.72. The summed E-state index contributed by atoms with van der Waals surface area (Å²) in [5.74, 6) is 1.69. The van der Waals surface area contributed by atoms with Crippen molar-refractivity contribution in [1.82, 2.24) is 0 Å². The van der Waals surface area contributed by atoms with E-state index in [1.54, 1.807) is 14.2 Å². The Balaban J connectivity index is 2.22. The molecule has 3 rings (SSSR count). The number of nitrogens with two attached hydrogens (primary N) is 1. The predicted octanol–water partition coefficient (Wildman–Crippen LogP) is 3.14. The maximum absolute atomic E-state index is 9.61. The van der Waals surface area contributed by atoms with Crippen molar-refractivity contribution in [1.29, 1.82) is 0 Å². The summed E-state index contributed by atoms with van der Waals surface area (Å²) in [6.45, 7) is 0.548. The molecule has 1 atom stereocenters. The molecule has 3 N–H and O–H groups in total. The topological polar surface area (TPSA) is 64.7 Å². The highest BCUT2D eigenvalue weighted by Crippen LogP contribution is 2.46. The summed E-state index contributed by atoms with van der Waals surface area (Å²) in [7, 11) is 3.32. The Hall–Kier alpha value is -2.30. The van der Waals surface area contributed by atoms with Crippen LogP contribution >= 0.6 is 0 Å². The Morgan fingerprint density at radius 2 is 1.84 bits per heavy atom. The molecule has 1 aliphatic carbocycles. The van der Waals surface area contributed by atoms with Crippen molar-refractivity contribution in [3.8, 4) is 11.5 Å². The molecule has 1 unspecified atom stereocenters. The number of ether oxygens (including phenoxy) is 2. The van der Waals surface area contributed by atoms with Crippen LogP contribution < -0.4 is 15.2 Å². The fraction of sp³-hybridized carbons (Fsp3) is 0.333. The van der Waals surface area contributed by atoms with Crippen LogP contribution in [-0.2, 0) is 6.42 Å². The summed E-state index contributed by atoms with van der Waals surface area (Å²) in [6, 6.07) is 14.4. The van der Waals surface area contributed by atoms with Crippen molar-refractivity contribution in [3.63, 3.8) is 0 Å². The van der Waals surface area contributed by atoms with Gasteiger partial charge < -0.3 is 20.3 Å². The Morgan fingerprint density at radius 1 is 1.08 bits per heavy atom. The van der Waals surface area contributed by atoms with Crippen LogP contribution in [0, 0.1) is 0 Å². The van der Waals surface area contributed by atoms with E-state index >= 15 is 0 Å². The van der Waals surface area contributed by atoms with Gasteiger partial charge in [-0.3, -0.25) is 0 Å². The molecule has 2 aromatic carbocycles. The van der Waals surface area contributed by atoms with E-state index in [9.17, 15) is 5.11 Å². The van der Waals surface area contributed by atoms with Crippen molar-refractivity contribution in [2.75, 3.05) is 27.4 Å². The summed E-state index contributed by atoms with van der Waals surface area (Å²) in [6.07, 6.45) is 1.43. The molecule has 0 saturated heterocycles. The molecule has 1 aliphatic rings. The van der Waals surface area contributed by atoms with Crippen molar-refractivity contribution in [2.45, 2.75) is 18.8 Å². The van der Waals surface area contributed by atoms with E-state index < -0.39 is 0 Å². The molecule has 0 amide bonds. The van der Waals surface area contributed by atoms with Gasteiger partial charge in [-0.1, -0.05) is 42.0 Å². The van der Waals surface area contributed by atoms with E-state index in [4.69, 9.17) is 15.2 Å². The Labute approximate surface area is 148 Å². The Bertz CT molecular complexity index is 768. The Morgan fingerprint density at radius 3 is 2.44 bits per heavy atom. The van der Waals surface area contributed by atoms with Crippen molar-refractivity contribution < 1.29 is 14.6 Å². The van der Waals surface area contributed by atoms with Gasteiger partial charge in [0.05, 0.1) is 14.2 Å². The first-order valence-electron chi connectivity index (χ1n) is 8.57. The van der Waals surface area contributed by atoms with Crippen LogP contribution in [0.2, 0.25) is 0 Å². The zero-order valence-corrected chi connectivity index (χ0v) is 14.8. The lowest BCUT2D eigenvalue weighted by atomic mass is 9.74. The zero-order valence-electron chi connectivity index (χ0n) is 14.8. The molecule has 2 aromatic rings. The third kappa shape index (κ3) is 3.15. The quantitative estimate of drug-likeness (QED) is 0.849. The highest BCUT2D eigenvalue weighted by atomic mass is 16.5. The van der Waals surface area contributed by atoms with Gasteiger partial charge >= 0.3 is 0 Å². The summed E-state index contributed by atoms with van der Waals surface area (Å²) < 4.78 is 11.1. The first kappa shape index (κ1) is 17.5. The lowest BCUT2D eigenvalue weighted by Crippen LogP contribution is -2.20. The first-order chi connectivity index (χ1) is 12.2. The predicted molar refractivity (Wildman–Crippen MR) is 100 cm³/mol. The lowest BCUT2D eigenvalue weighted by molar-refractivity contribution is 0.296. The van der Waals surface area contributed by atoms with E-state index in [-0.39, 0.29) is 12.5 Å². The first-order valence-corrected chi connectivity index (χ1v) is 8.57. The molecule has 0 fully saturated rings. The van der Waals surface area contributed by atoms with E-state index in [0.29, 0.717) is 13.0 Å². The minimum atomic E-state index is 0.116. The molecule has 0 saturated carbocycles. The average molecular weight is 339 g/mol. The summed E-state index contributed by atoms with van der Waals surface area (Å²) in [5, 5.41) is 9.61. The van der Waals surface area contributed by atoms with E-state index in [1.165, 1.54) is 11.1 Å². The number of hydrogen-bond acceptors (Lipinski definition) is 4. The van der Waals surface area contributed by atoms with Gasteiger partial charge in [0.2, 0.25) is 0 Å². The highest BCUT2D eigenvalue weighted by molar-refractivity contribution is 5.79. The lowest BCUT2D eigenvalue weighted by Gasteiger charge is -2.32. The number of methoxy groups -OCH3 is 2. The molecular weight excluding hydrogens is 314 g/mol. The molecule has 0 aliphatic heterocycles. The van der Waals surface area contributed by atoms with Gasteiger partial charge in [-0.25, -0.2) is 0 Å². The number of benzene rings is 2. The van der Waals surface area contributed by atoms with Gasteiger partial charge in [0.1, 0.15) is 0 Å². The van der Waals surface area contributed by atoms with Crippen molar-refractivity contribution >= 4 is 5.57 Å². The third-order valence-corrected chi connectivity index (χ3v) is 4.98. The van der Waals surface area contributed by atoms with Gasteiger partial charge in [0, 0.05) is 24.6 Å². The molecule has 132 valence electrons. The van der Waals surface area contributed by atoms with Gasteiger partial charge in [-0.2, -0.15) is 0 Å². The van der Waals surface area contributed by atoms with Crippen molar-refractivity contribution in [3.05, 3.63) is 64.7 Å². The van der Waals surface area contributed by atoms with Gasteiger partial charge in [0.15, 0.2) is 11.5 Å². The van der Waals surface area contributed by atoms with Gasteiger partial charge in [0.25, 0.3) is 0 Å². The van der Waals surface area contributed by atoms with E-state index in [0.717, 1.165) is 34.6 Å². The zero-order chi connectivity index (χ0) is 17.8. The SMILES string of the molecule is COc1ccc2c(c1OC)CC(c1ccccc1)C(CCO)=C2CN. The Kier molecular flexibility index (Phi) is 5.41. The largest absolute Gasteiger partial charge is 0.493 e. The molecule has 0 radical (unpaired) electrons. The molecule has 0 spiro atoms. The standard InChI is InChI=1S/C21H25NO3/c1-24-20-9-8-15-18(21(20)25-2)12-17(14-6-4-3-5-7-14)16(10-11-23)19(15)13-22/h3-9,17,23H,10-13,22H2,1-2H3. The van der Waals surface area contributed by atoms with Crippen LogP contribution in [-0.4, -0.2) is 32.5 Å². The van der Waals surface area contributed by atoms with E-state index in [2.05, 4.69) is 18.2 Å². The van der Waals surface area contributed by atoms with Crippen LogP contribution in [0.5, 0.6) is 11.5 Å². The molecule has 4 nitrogen and oxygen atoms in total. The van der Waals surface area contributed by atoms with Crippen LogP contribution in [0.1, 0.15) is 29.0 Å². The maximum atomic E-state index is 9.61. The summed E-state index contributed by atoms with van der Waals surface area (Å²) >= 11 is 0. The molecule has 4 heteroatoms. The number of hydrogen-bond donors (Lipinski definition) is 2. The van der Waals surface area contributed by atoms with E-state index in [1.807, 2.05) is 24.3 Å². The molecule has 0 heterocycles. The number of aliphatic hydroxyl groups excluding tert-OH is 1. The number of fused-ring (bicyclic) bond motifs is 1.